The second-order valence-corrected chi connectivity index (χ2v) is 5.19. The molecule has 18 heavy (non-hydrogen) atoms. The topological polar surface area (TPSA) is 63.3 Å². The molecule has 0 aliphatic heterocycles. The zero-order chi connectivity index (χ0) is 12.7. The van der Waals surface area contributed by atoms with E-state index in [1.54, 1.807) is 0 Å². The number of aromatic nitrogens is 1. The van der Waals surface area contributed by atoms with Gasteiger partial charge in [0.05, 0.1) is 0 Å². The van der Waals surface area contributed by atoms with Gasteiger partial charge in [0.1, 0.15) is 0 Å². The van der Waals surface area contributed by atoms with Crippen LogP contribution in [0.1, 0.15) is 28.0 Å². The SMILES string of the molecule is O=C(O)c1cc(-c2cc(Br)c3c(c2)CCC3)on1. The molecule has 3 rings (SSSR count). The lowest BCUT2D eigenvalue weighted by Crippen LogP contribution is -1.94. The Bertz CT molecular complexity index is 633. The first-order chi connectivity index (χ1) is 8.65. The Morgan fingerprint density at radius 2 is 2.17 bits per heavy atom. The standard InChI is InChI=1S/C13H10BrNO3/c14-10-5-8(4-7-2-1-3-9(7)10)12-6-11(13(16)17)15-18-12/h4-6H,1-3H2,(H,16,17). The normalized spacial score (nSPS) is 13.6. The number of carbonyl (C=O) groups is 1. The number of fused-ring (bicyclic) bond motifs is 1. The first kappa shape index (κ1) is 11.5. The van der Waals surface area contributed by atoms with Crippen molar-refractivity contribution in [3.05, 3.63) is 39.5 Å². The van der Waals surface area contributed by atoms with Crippen molar-refractivity contribution in [1.29, 1.82) is 0 Å². The molecule has 0 amide bonds. The highest BCUT2D eigenvalue weighted by molar-refractivity contribution is 9.10. The van der Waals surface area contributed by atoms with Crippen molar-refractivity contribution < 1.29 is 14.4 Å². The number of hydrogen-bond donors (Lipinski definition) is 1. The van der Waals surface area contributed by atoms with Crippen LogP contribution in [0.25, 0.3) is 11.3 Å². The molecule has 5 heteroatoms. The maximum atomic E-state index is 10.8. The van der Waals surface area contributed by atoms with Crippen molar-refractivity contribution >= 4 is 21.9 Å². The summed E-state index contributed by atoms with van der Waals surface area (Å²) in [5.74, 6) is -0.590. The predicted octanol–water partition coefficient (Wildman–Crippen LogP) is 3.29. The summed E-state index contributed by atoms with van der Waals surface area (Å²) in [4.78, 5) is 10.8. The summed E-state index contributed by atoms with van der Waals surface area (Å²) in [6.07, 6.45) is 3.31. The second-order valence-electron chi connectivity index (χ2n) is 4.33. The van der Waals surface area contributed by atoms with Crippen LogP contribution in [0.2, 0.25) is 0 Å². The molecule has 1 N–H and O–H groups in total. The predicted molar refractivity (Wildman–Crippen MR) is 68.6 cm³/mol. The average Bonchev–Trinajstić information content (AvgIpc) is 2.97. The second kappa shape index (κ2) is 4.24. The lowest BCUT2D eigenvalue weighted by molar-refractivity contribution is 0.0686. The molecule has 1 aliphatic carbocycles. The van der Waals surface area contributed by atoms with E-state index in [2.05, 4.69) is 27.2 Å². The monoisotopic (exact) mass is 307 g/mol. The van der Waals surface area contributed by atoms with Crippen molar-refractivity contribution in [2.24, 2.45) is 0 Å². The molecule has 1 aromatic heterocycles. The Morgan fingerprint density at radius 3 is 2.89 bits per heavy atom. The van der Waals surface area contributed by atoms with E-state index in [1.165, 1.54) is 17.2 Å². The third kappa shape index (κ3) is 1.84. The molecule has 0 saturated carbocycles. The third-order valence-corrected chi connectivity index (χ3v) is 3.88. The largest absolute Gasteiger partial charge is 0.476 e. The van der Waals surface area contributed by atoms with Crippen LogP contribution in [0, 0.1) is 0 Å². The molecule has 0 spiro atoms. The van der Waals surface area contributed by atoms with E-state index in [4.69, 9.17) is 9.63 Å². The molecule has 0 saturated heterocycles. The zero-order valence-electron chi connectivity index (χ0n) is 9.44. The Kier molecular flexibility index (Phi) is 2.70. The van der Waals surface area contributed by atoms with Gasteiger partial charge in [0, 0.05) is 16.1 Å². The molecule has 1 aliphatic rings. The van der Waals surface area contributed by atoms with E-state index in [0.717, 1.165) is 29.3 Å². The highest BCUT2D eigenvalue weighted by Gasteiger charge is 2.18. The van der Waals surface area contributed by atoms with Gasteiger partial charge in [0.25, 0.3) is 0 Å². The van der Waals surface area contributed by atoms with E-state index in [0.29, 0.717) is 5.76 Å². The molecule has 1 aromatic carbocycles. The Hall–Kier alpha value is -1.62. The van der Waals surface area contributed by atoms with Crippen LogP contribution in [-0.2, 0) is 12.8 Å². The Morgan fingerprint density at radius 1 is 1.33 bits per heavy atom. The number of halogens is 1. The molecule has 0 bridgehead atoms. The van der Waals surface area contributed by atoms with Gasteiger partial charge in [-0.25, -0.2) is 4.79 Å². The molecule has 0 fully saturated rings. The van der Waals surface area contributed by atoms with Gasteiger partial charge in [-0.2, -0.15) is 0 Å². The van der Waals surface area contributed by atoms with Gasteiger partial charge < -0.3 is 9.63 Å². The molecule has 1 heterocycles. The van der Waals surface area contributed by atoms with E-state index in [9.17, 15) is 4.79 Å². The highest BCUT2D eigenvalue weighted by atomic mass is 79.9. The lowest BCUT2D eigenvalue weighted by atomic mass is 10.0. The van der Waals surface area contributed by atoms with Crippen LogP contribution >= 0.6 is 15.9 Å². The number of aryl methyl sites for hydroxylation is 1. The first-order valence-corrected chi connectivity index (χ1v) is 6.46. The van der Waals surface area contributed by atoms with Crippen molar-refractivity contribution in [1.82, 2.24) is 5.16 Å². The van der Waals surface area contributed by atoms with Crippen LogP contribution in [0.3, 0.4) is 0 Å². The van der Waals surface area contributed by atoms with Gasteiger partial charge >= 0.3 is 5.97 Å². The Balaban J connectivity index is 2.06. The number of carboxylic acids is 1. The quantitative estimate of drug-likeness (QED) is 0.924. The Labute approximate surface area is 112 Å². The molecule has 92 valence electrons. The first-order valence-electron chi connectivity index (χ1n) is 5.67. The molecule has 4 nitrogen and oxygen atoms in total. The summed E-state index contributed by atoms with van der Waals surface area (Å²) < 4.78 is 6.13. The number of benzene rings is 1. The molecule has 2 aromatic rings. The molecule has 0 atom stereocenters. The lowest BCUT2D eigenvalue weighted by Gasteiger charge is -2.04. The van der Waals surface area contributed by atoms with E-state index < -0.39 is 5.97 Å². The fourth-order valence-corrected chi connectivity index (χ4v) is 3.01. The van der Waals surface area contributed by atoms with E-state index in [-0.39, 0.29) is 5.69 Å². The van der Waals surface area contributed by atoms with Crippen molar-refractivity contribution in [2.75, 3.05) is 0 Å². The molecule has 0 unspecified atom stereocenters. The van der Waals surface area contributed by atoms with E-state index >= 15 is 0 Å². The van der Waals surface area contributed by atoms with Gasteiger partial charge in [-0.1, -0.05) is 21.1 Å². The van der Waals surface area contributed by atoms with Crippen LogP contribution in [0.15, 0.2) is 27.2 Å². The van der Waals surface area contributed by atoms with Gasteiger partial charge in [-0.05, 0) is 42.5 Å². The van der Waals surface area contributed by atoms with Crippen LogP contribution < -0.4 is 0 Å². The molecular formula is C13H10BrNO3. The number of hydrogen-bond acceptors (Lipinski definition) is 3. The minimum Gasteiger partial charge on any atom is -0.476 e. The maximum Gasteiger partial charge on any atom is 0.358 e. The average molecular weight is 308 g/mol. The van der Waals surface area contributed by atoms with Gasteiger partial charge in [-0.15, -0.1) is 0 Å². The maximum absolute atomic E-state index is 10.8. The van der Waals surface area contributed by atoms with E-state index in [1.807, 2.05) is 6.07 Å². The fourth-order valence-electron chi connectivity index (χ4n) is 2.31. The summed E-state index contributed by atoms with van der Waals surface area (Å²) in [6.45, 7) is 0. The smallest absolute Gasteiger partial charge is 0.358 e. The van der Waals surface area contributed by atoms with Gasteiger partial charge in [0.15, 0.2) is 11.5 Å². The summed E-state index contributed by atoms with van der Waals surface area (Å²) >= 11 is 3.55. The van der Waals surface area contributed by atoms with Crippen LogP contribution in [-0.4, -0.2) is 16.2 Å². The minimum absolute atomic E-state index is 0.0679. The number of rotatable bonds is 2. The van der Waals surface area contributed by atoms with Gasteiger partial charge in [0.2, 0.25) is 0 Å². The van der Waals surface area contributed by atoms with Gasteiger partial charge in [-0.3, -0.25) is 0 Å². The summed E-state index contributed by atoms with van der Waals surface area (Å²) in [5, 5.41) is 12.3. The van der Waals surface area contributed by atoms with Crippen molar-refractivity contribution in [3.8, 4) is 11.3 Å². The highest BCUT2D eigenvalue weighted by Crippen LogP contribution is 2.34. The third-order valence-electron chi connectivity index (χ3n) is 3.17. The number of carboxylic acid groups (broad SMARTS) is 1. The van der Waals surface area contributed by atoms with Crippen molar-refractivity contribution in [3.63, 3.8) is 0 Å². The summed E-state index contributed by atoms with van der Waals surface area (Å²) in [5.41, 5.74) is 3.44. The minimum atomic E-state index is -1.08. The fraction of sp³-hybridized carbons (Fsp3) is 0.231. The zero-order valence-corrected chi connectivity index (χ0v) is 11.0. The van der Waals surface area contributed by atoms with Crippen LogP contribution in [0.4, 0.5) is 0 Å². The summed E-state index contributed by atoms with van der Waals surface area (Å²) in [6, 6.07) is 5.46. The number of nitrogens with zero attached hydrogens (tertiary/aromatic N) is 1. The van der Waals surface area contributed by atoms with Crippen molar-refractivity contribution in [2.45, 2.75) is 19.3 Å². The summed E-state index contributed by atoms with van der Waals surface area (Å²) in [7, 11) is 0. The number of aromatic carboxylic acids is 1. The van der Waals surface area contributed by atoms with Crippen LogP contribution in [0.5, 0.6) is 0 Å². The molecule has 0 radical (unpaired) electrons. The molecular weight excluding hydrogens is 298 g/mol.